The van der Waals surface area contributed by atoms with Crippen LogP contribution >= 0.6 is 0 Å². The van der Waals surface area contributed by atoms with Crippen molar-refractivity contribution in [3.05, 3.63) is 0 Å². The lowest BCUT2D eigenvalue weighted by Gasteiger charge is -2.38. The Bertz CT molecular complexity index is 247. The Hall–Kier alpha value is -0.610. The molecule has 0 heterocycles. The molecule has 0 aromatic rings. The Labute approximate surface area is 91.3 Å². The average molecular weight is 214 g/mol. The maximum Gasteiger partial charge on any atom is 0.328 e. The molecule has 0 aromatic carbocycles. The first-order chi connectivity index (χ1) is 6.76. The highest BCUT2D eigenvalue weighted by Gasteiger charge is 2.44. The van der Waals surface area contributed by atoms with Crippen LogP contribution in [0.4, 0.5) is 0 Å². The van der Waals surface area contributed by atoms with Gasteiger partial charge in [-0.15, -0.1) is 0 Å². The molecule has 1 saturated carbocycles. The first-order valence-electron chi connectivity index (χ1n) is 5.53. The van der Waals surface area contributed by atoms with Gasteiger partial charge in [0.15, 0.2) is 0 Å². The number of hydrogen-bond acceptors (Lipinski definition) is 4. The number of nitrogens with two attached hydrogens (primary N) is 2. The Balaban J connectivity index is 2.71. The molecule has 0 aromatic heterocycles. The second kappa shape index (κ2) is 4.10. The molecule has 1 aliphatic rings. The summed E-state index contributed by atoms with van der Waals surface area (Å²) in [5, 5.41) is 0. The molecule has 88 valence electrons. The van der Waals surface area contributed by atoms with E-state index in [0.717, 1.165) is 19.3 Å². The second-order valence-corrected chi connectivity index (χ2v) is 5.39. The summed E-state index contributed by atoms with van der Waals surface area (Å²) in [5.74, 6) is -0.359. The van der Waals surface area contributed by atoms with Gasteiger partial charge >= 0.3 is 5.97 Å². The van der Waals surface area contributed by atoms with Gasteiger partial charge in [0.25, 0.3) is 0 Å². The second-order valence-electron chi connectivity index (χ2n) is 5.39. The van der Waals surface area contributed by atoms with Gasteiger partial charge in [0.05, 0.1) is 0 Å². The first-order valence-corrected chi connectivity index (χ1v) is 5.53. The molecule has 15 heavy (non-hydrogen) atoms. The van der Waals surface area contributed by atoms with Crippen molar-refractivity contribution in [1.82, 2.24) is 0 Å². The zero-order valence-electron chi connectivity index (χ0n) is 9.88. The van der Waals surface area contributed by atoms with Crippen LogP contribution in [-0.4, -0.2) is 23.2 Å². The maximum absolute atomic E-state index is 11.9. The fourth-order valence-corrected chi connectivity index (χ4v) is 1.85. The van der Waals surface area contributed by atoms with Crippen LogP contribution in [0.5, 0.6) is 0 Å². The van der Waals surface area contributed by atoms with E-state index in [0.29, 0.717) is 6.42 Å². The van der Waals surface area contributed by atoms with E-state index < -0.39 is 11.1 Å². The third-order valence-corrected chi connectivity index (χ3v) is 2.80. The molecule has 0 unspecified atom stereocenters. The standard InChI is InChI=1S/C11H22N2O2/c1-10(2,3)15-9(14)11(13)7-5-4-6-8(11)12/h8H,4-7,12-13H2,1-3H3/t8-,11-/m1/s1. The monoisotopic (exact) mass is 214 g/mol. The van der Waals surface area contributed by atoms with E-state index in [1.54, 1.807) is 0 Å². The molecule has 1 aliphatic carbocycles. The average Bonchev–Trinajstić information content (AvgIpc) is 2.07. The smallest absolute Gasteiger partial charge is 0.328 e. The van der Waals surface area contributed by atoms with Crippen molar-refractivity contribution in [2.75, 3.05) is 0 Å². The summed E-state index contributed by atoms with van der Waals surface area (Å²) >= 11 is 0. The van der Waals surface area contributed by atoms with E-state index >= 15 is 0 Å². The molecule has 0 radical (unpaired) electrons. The number of ether oxygens (including phenoxy) is 1. The summed E-state index contributed by atoms with van der Waals surface area (Å²) in [6.45, 7) is 5.51. The van der Waals surface area contributed by atoms with Gasteiger partial charge < -0.3 is 16.2 Å². The Kier molecular flexibility index (Phi) is 3.41. The van der Waals surface area contributed by atoms with Crippen LogP contribution in [0.15, 0.2) is 0 Å². The summed E-state index contributed by atoms with van der Waals surface area (Å²) in [6.07, 6.45) is 3.42. The Morgan fingerprint density at radius 1 is 1.40 bits per heavy atom. The van der Waals surface area contributed by atoms with E-state index in [4.69, 9.17) is 16.2 Å². The van der Waals surface area contributed by atoms with Crippen molar-refractivity contribution in [3.8, 4) is 0 Å². The third kappa shape index (κ3) is 2.92. The molecule has 4 N–H and O–H groups in total. The van der Waals surface area contributed by atoms with Crippen LogP contribution in [0.3, 0.4) is 0 Å². The summed E-state index contributed by atoms with van der Waals surface area (Å²) in [5.41, 5.74) is 10.5. The molecule has 4 heteroatoms. The largest absolute Gasteiger partial charge is 0.459 e. The molecule has 0 aliphatic heterocycles. The number of hydrogen-bond donors (Lipinski definition) is 2. The summed E-state index contributed by atoms with van der Waals surface area (Å²) in [7, 11) is 0. The van der Waals surface area contributed by atoms with Gasteiger partial charge in [-0.05, 0) is 33.6 Å². The van der Waals surface area contributed by atoms with E-state index in [1.165, 1.54) is 0 Å². The molecule has 0 bridgehead atoms. The Morgan fingerprint density at radius 3 is 2.47 bits per heavy atom. The number of rotatable bonds is 1. The van der Waals surface area contributed by atoms with Crippen LogP contribution in [0.2, 0.25) is 0 Å². The molecular formula is C11H22N2O2. The van der Waals surface area contributed by atoms with Gasteiger partial charge in [-0.1, -0.05) is 12.8 Å². The quantitative estimate of drug-likeness (QED) is 0.636. The van der Waals surface area contributed by atoms with E-state index in [1.807, 2.05) is 20.8 Å². The Morgan fingerprint density at radius 2 is 2.00 bits per heavy atom. The van der Waals surface area contributed by atoms with E-state index in [2.05, 4.69) is 0 Å². The van der Waals surface area contributed by atoms with E-state index in [9.17, 15) is 4.79 Å². The highest BCUT2D eigenvalue weighted by atomic mass is 16.6. The third-order valence-electron chi connectivity index (χ3n) is 2.80. The predicted molar refractivity (Wildman–Crippen MR) is 59.2 cm³/mol. The minimum absolute atomic E-state index is 0.277. The molecule has 0 spiro atoms. The van der Waals surface area contributed by atoms with Gasteiger partial charge in [-0.2, -0.15) is 0 Å². The molecule has 1 fully saturated rings. The number of carbonyl (C=O) groups excluding carboxylic acids is 1. The highest BCUT2D eigenvalue weighted by Crippen LogP contribution is 2.27. The lowest BCUT2D eigenvalue weighted by molar-refractivity contribution is -0.163. The number of esters is 1. The fraction of sp³-hybridized carbons (Fsp3) is 0.909. The van der Waals surface area contributed by atoms with Crippen molar-refractivity contribution < 1.29 is 9.53 Å². The molecule has 0 amide bonds. The van der Waals surface area contributed by atoms with Gasteiger partial charge in [0, 0.05) is 6.04 Å². The molecule has 2 atom stereocenters. The lowest BCUT2D eigenvalue weighted by Crippen LogP contribution is -2.63. The first kappa shape index (κ1) is 12.5. The van der Waals surface area contributed by atoms with Crippen LogP contribution in [0.25, 0.3) is 0 Å². The zero-order valence-corrected chi connectivity index (χ0v) is 9.88. The topological polar surface area (TPSA) is 78.3 Å². The van der Waals surface area contributed by atoms with Crippen molar-refractivity contribution in [2.24, 2.45) is 11.5 Å². The highest BCUT2D eigenvalue weighted by molar-refractivity contribution is 5.82. The fourth-order valence-electron chi connectivity index (χ4n) is 1.85. The summed E-state index contributed by atoms with van der Waals surface area (Å²) in [6, 6.07) is -0.277. The van der Waals surface area contributed by atoms with Crippen molar-refractivity contribution >= 4 is 5.97 Å². The van der Waals surface area contributed by atoms with Crippen molar-refractivity contribution in [1.29, 1.82) is 0 Å². The summed E-state index contributed by atoms with van der Waals surface area (Å²) in [4.78, 5) is 11.9. The maximum atomic E-state index is 11.9. The van der Waals surface area contributed by atoms with Crippen LogP contribution < -0.4 is 11.5 Å². The van der Waals surface area contributed by atoms with Crippen LogP contribution in [0.1, 0.15) is 46.5 Å². The van der Waals surface area contributed by atoms with Crippen LogP contribution in [-0.2, 0) is 9.53 Å². The number of carbonyl (C=O) groups is 1. The SMILES string of the molecule is CC(C)(C)OC(=O)[C@@]1(N)CCCC[C@H]1N. The van der Waals surface area contributed by atoms with Crippen molar-refractivity contribution in [3.63, 3.8) is 0 Å². The lowest BCUT2D eigenvalue weighted by atomic mass is 9.78. The van der Waals surface area contributed by atoms with E-state index in [-0.39, 0.29) is 12.0 Å². The van der Waals surface area contributed by atoms with Gasteiger partial charge in [0.2, 0.25) is 0 Å². The molecule has 1 rings (SSSR count). The van der Waals surface area contributed by atoms with Gasteiger partial charge in [-0.3, -0.25) is 0 Å². The van der Waals surface area contributed by atoms with Gasteiger partial charge in [0.1, 0.15) is 11.1 Å². The zero-order chi connectivity index (χ0) is 11.7. The predicted octanol–water partition coefficient (Wildman–Crippen LogP) is 0.927. The molecule has 0 saturated heterocycles. The minimum Gasteiger partial charge on any atom is -0.459 e. The molecule has 4 nitrogen and oxygen atoms in total. The summed E-state index contributed by atoms with van der Waals surface area (Å²) < 4.78 is 5.31. The molecular weight excluding hydrogens is 192 g/mol. The minimum atomic E-state index is -0.981. The van der Waals surface area contributed by atoms with Crippen LogP contribution in [0, 0.1) is 0 Å². The normalized spacial score (nSPS) is 32.5. The van der Waals surface area contributed by atoms with Crippen molar-refractivity contribution in [2.45, 2.75) is 63.6 Å². The van der Waals surface area contributed by atoms with Gasteiger partial charge in [-0.25, -0.2) is 4.79 Å².